The Balaban J connectivity index is 2.61. The molecule has 0 radical (unpaired) electrons. The molecule has 1 aliphatic heterocycles. The molecule has 0 aromatic heterocycles. The fourth-order valence-electron chi connectivity index (χ4n) is 2.99. The highest BCUT2D eigenvalue weighted by molar-refractivity contribution is 7.91. The third-order valence-corrected chi connectivity index (χ3v) is 6.70. The predicted molar refractivity (Wildman–Crippen MR) is 105 cm³/mol. The zero-order valence-corrected chi connectivity index (χ0v) is 16.8. The minimum atomic E-state index is -3.24. The van der Waals surface area contributed by atoms with E-state index in [2.05, 4.69) is 13.8 Å². The topological polar surface area (TPSA) is 43.4 Å². The molecule has 1 aliphatic rings. The second-order valence-corrected chi connectivity index (χ2v) is 9.32. The molecule has 0 saturated carbocycles. The van der Waals surface area contributed by atoms with Crippen LogP contribution < -0.4 is 4.74 Å². The van der Waals surface area contributed by atoms with E-state index in [1.54, 1.807) is 13.2 Å². The second-order valence-electron chi connectivity index (χ2n) is 7.24. The van der Waals surface area contributed by atoms with Gasteiger partial charge in [0, 0.05) is 5.56 Å². The lowest BCUT2D eigenvalue weighted by Crippen LogP contribution is -2.30. The van der Waals surface area contributed by atoms with Crippen molar-refractivity contribution in [3.05, 3.63) is 53.1 Å². The van der Waals surface area contributed by atoms with Gasteiger partial charge in [0.2, 0.25) is 0 Å². The Bertz CT molecular complexity index is 853. The molecular formula is C21H28O3S. The average Bonchev–Trinajstić information content (AvgIpc) is 2.57. The van der Waals surface area contributed by atoms with Crippen LogP contribution >= 0.6 is 0 Å². The third kappa shape index (κ3) is 4.06. The number of fused-ring (bicyclic) bond motifs is 1. The molecule has 0 saturated heterocycles. The zero-order chi connectivity index (χ0) is 18.8. The maximum Gasteiger partial charge on any atom is 0.178 e. The summed E-state index contributed by atoms with van der Waals surface area (Å²) in [4.78, 5) is 0.414. The normalized spacial score (nSPS) is 19.8. The number of ether oxygens (including phenoxy) is 1. The van der Waals surface area contributed by atoms with Crippen LogP contribution in [0.2, 0.25) is 0 Å². The van der Waals surface area contributed by atoms with Gasteiger partial charge in [-0.25, -0.2) is 8.42 Å². The van der Waals surface area contributed by atoms with Crippen LogP contribution in [-0.2, 0) is 15.3 Å². The van der Waals surface area contributed by atoms with E-state index in [1.165, 1.54) is 5.57 Å². The lowest BCUT2D eigenvalue weighted by atomic mass is 9.80. The van der Waals surface area contributed by atoms with Crippen molar-refractivity contribution in [2.24, 2.45) is 0 Å². The summed E-state index contributed by atoms with van der Waals surface area (Å²) in [5.74, 6) is 0.792. The number of hydrogen-bond donors (Lipinski definition) is 0. The molecule has 2 rings (SSSR count). The Hall–Kier alpha value is -1.81. The van der Waals surface area contributed by atoms with E-state index < -0.39 is 9.84 Å². The van der Waals surface area contributed by atoms with Crippen LogP contribution in [0.15, 0.2) is 46.9 Å². The summed E-state index contributed by atoms with van der Waals surface area (Å²) in [6, 6.07) is 3.69. The highest BCUT2D eigenvalue weighted by atomic mass is 32.2. The Labute approximate surface area is 152 Å². The predicted octanol–water partition coefficient (Wildman–Crippen LogP) is 5.08. The molecule has 136 valence electrons. The van der Waals surface area contributed by atoms with Crippen molar-refractivity contribution >= 4 is 15.4 Å². The maximum atomic E-state index is 12.5. The molecule has 0 fully saturated rings. The minimum Gasteiger partial charge on any atom is -0.496 e. The van der Waals surface area contributed by atoms with Crippen LogP contribution in [-0.4, -0.2) is 21.3 Å². The number of allylic oxidation sites excluding steroid dienone is 6. The van der Waals surface area contributed by atoms with Crippen molar-refractivity contribution in [3.63, 3.8) is 0 Å². The summed E-state index contributed by atoms with van der Waals surface area (Å²) in [6.45, 7) is 10.3. The number of rotatable bonds is 4. The van der Waals surface area contributed by atoms with E-state index in [0.29, 0.717) is 17.1 Å². The van der Waals surface area contributed by atoms with Crippen molar-refractivity contribution in [2.75, 3.05) is 12.9 Å². The van der Waals surface area contributed by atoms with Gasteiger partial charge in [-0.3, -0.25) is 0 Å². The van der Waals surface area contributed by atoms with Crippen LogP contribution in [0.25, 0.3) is 5.57 Å². The monoisotopic (exact) mass is 360 g/mol. The molecule has 25 heavy (non-hydrogen) atoms. The van der Waals surface area contributed by atoms with Crippen molar-refractivity contribution < 1.29 is 13.2 Å². The van der Waals surface area contributed by atoms with E-state index in [0.717, 1.165) is 16.7 Å². The van der Waals surface area contributed by atoms with Gasteiger partial charge in [0.05, 0.1) is 17.8 Å². The highest BCUT2D eigenvalue weighted by Crippen LogP contribution is 2.42. The molecule has 1 heterocycles. The van der Waals surface area contributed by atoms with E-state index in [1.807, 2.05) is 51.1 Å². The highest BCUT2D eigenvalue weighted by Gasteiger charge is 2.36. The molecule has 0 N–H and O–H groups in total. The van der Waals surface area contributed by atoms with E-state index >= 15 is 0 Å². The van der Waals surface area contributed by atoms with E-state index in [9.17, 15) is 8.42 Å². The molecule has 0 unspecified atom stereocenters. The molecule has 1 aromatic rings. The van der Waals surface area contributed by atoms with Crippen molar-refractivity contribution in [1.82, 2.24) is 0 Å². The van der Waals surface area contributed by atoms with Crippen LogP contribution in [0.1, 0.15) is 52.2 Å². The van der Waals surface area contributed by atoms with Gasteiger partial charge < -0.3 is 4.74 Å². The SMILES string of the molecule is C/C=C(C)/C=C/C=C(\C)c1cc2c(cc1OC)S(=O)(=O)CCC2(C)C. The number of methoxy groups -OCH3 is 1. The maximum absolute atomic E-state index is 12.5. The largest absolute Gasteiger partial charge is 0.496 e. The first kappa shape index (κ1) is 19.5. The first-order valence-corrected chi connectivity index (χ1v) is 10.2. The number of sulfone groups is 1. The third-order valence-electron chi connectivity index (χ3n) is 4.95. The Morgan fingerprint density at radius 1 is 1.24 bits per heavy atom. The molecule has 0 aliphatic carbocycles. The number of benzene rings is 1. The summed E-state index contributed by atoms with van der Waals surface area (Å²) in [7, 11) is -1.66. The summed E-state index contributed by atoms with van der Waals surface area (Å²) < 4.78 is 30.5. The first-order chi connectivity index (χ1) is 11.6. The van der Waals surface area contributed by atoms with Gasteiger partial charge in [0.15, 0.2) is 9.84 Å². The molecule has 1 aromatic carbocycles. The van der Waals surface area contributed by atoms with Crippen LogP contribution in [0.5, 0.6) is 5.75 Å². The molecule has 3 nitrogen and oxygen atoms in total. The van der Waals surface area contributed by atoms with Crippen molar-refractivity contribution in [3.8, 4) is 5.75 Å². The fourth-order valence-corrected chi connectivity index (χ4v) is 4.94. The van der Waals surface area contributed by atoms with Gasteiger partial charge >= 0.3 is 0 Å². The lowest BCUT2D eigenvalue weighted by molar-refractivity contribution is 0.408. The van der Waals surface area contributed by atoms with Gasteiger partial charge in [-0.2, -0.15) is 0 Å². The first-order valence-electron chi connectivity index (χ1n) is 8.56. The fraction of sp³-hybridized carbons (Fsp3) is 0.429. The lowest BCUT2D eigenvalue weighted by Gasteiger charge is -2.33. The number of hydrogen-bond acceptors (Lipinski definition) is 3. The smallest absolute Gasteiger partial charge is 0.178 e. The Morgan fingerprint density at radius 3 is 2.52 bits per heavy atom. The van der Waals surface area contributed by atoms with E-state index in [-0.39, 0.29) is 11.2 Å². The summed E-state index contributed by atoms with van der Waals surface area (Å²) >= 11 is 0. The second kappa shape index (κ2) is 7.20. The quantitative estimate of drug-likeness (QED) is 0.704. The van der Waals surface area contributed by atoms with Gasteiger partial charge in [-0.05, 0) is 55.9 Å². The zero-order valence-electron chi connectivity index (χ0n) is 16.0. The molecule has 0 amide bonds. The van der Waals surface area contributed by atoms with Gasteiger partial charge in [-0.1, -0.05) is 43.7 Å². The molecule has 0 atom stereocenters. The van der Waals surface area contributed by atoms with Gasteiger partial charge in [0.25, 0.3) is 0 Å². The van der Waals surface area contributed by atoms with Gasteiger partial charge in [-0.15, -0.1) is 0 Å². The van der Waals surface area contributed by atoms with Crippen LogP contribution in [0.4, 0.5) is 0 Å². The van der Waals surface area contributed by atoms with Crippen molar-refractivity contribution in [2.45, 2.75) is 51.3 Å². The average molecular weight is 361 g/mol. The molecule has 0 spiro atoms. The van der Waals surface area contributed by atoms with Crippen molar-refractivity contribution in [1.29, 1.82) is 0 Å². The van der Waals surface area contributed by atoms with E-state index in [4.69, 9.17) is 4.74 Å². The standard InChI is InChI=1S/C21H28O3S/c1-7-15(2)9-8-10-16(3)17-13-18-20(14-19(17)24-6)25(22,23)12-11-21(18,4)5/h7-10,13-14H,11-12H2,1-6H3/b9-8+,15-7+,16-10+. The molecule has 0 bridgehead atoms. The van der Waals surface area contributed by atoms with Gasteiger partial charge in [0.1, 0.15) is 5.75 Å². The molecule has 4 heteroatoms. The summed E-state index contributed by atoms with van der Waals surface area (Å²) in [6.07, 6.45) is 8.76. The van der Waals surface area contributed by atoms with Crippen LogP contribution in [0.3, 0.4) is 0 Å². The Kier molecular flexibility index (Phi) is 5.62. The Morgan fingerprint density at radius 2 is 1.92 bits per heavy atom. The minimum absolute atomic E-state index is 0.167. The summed E-state index contributed by atoms with van der Waals surface area (Å²) in [5, 5.41) is 0. The molecular weight excluding hydrogens is 332 g/mol. The van der Waals surface area contributed by atoms with Crippen LogP contribution in [0, 0.1) is 0 Å². The summed E-state index contributed by atoms with van der Waals surface area (Å²) in [5.41, 5.74) is 3.89.